The van der Waals surface area contributed by atoms with Crippen molar-refractivity contribution in [2.75, 3.05) is 19.6 Å². The summed E-state index contributed by atoms with van der Waals surface area (Å²) in [5.41, 5.74) is 5.54. The van der Waals surface area contributed by atoms with Crippen LogP contribution in [0.25, 0.3) is 11.1 Å². The number of amides is 1. The predicted octanol–water partition coefficient (Wildman–Crippen LogP) is 4.67. The predicted molar refractivity (Wildman–Crippen MR) is 132 cm³/mol. The molecule has 5 rings (SSSR count). The molecule has 3 aromatic rings. The zero-order chi connectivity index (χ0) is 22.7. The lowest BCUT2D eigenvalue weighted by atomic mass is 9.90. The van der Waals surface area contributed by atoms with Gasteiger partial charge in [0.2, 0.25) is 5.91 Å². The molecule has 0 radical (unpaired) electrons. The number of hydrogen-bond acceptors (Lipinski definition) is 3. The number of likely N-dealkylation sites (tertiary alicyclic amines) is 1. The number of aromatic nitrogens is 2. The van der Waals surface area contributed by atoms with Crippen molar-refractivity contribution in [2.45, 2.75) is 45.7 Å². The van der Waals surface area contributed by atoms with Crippen LogP contribution in [0.2, 0.25) is 0 Å². The van der Waals surface area contributed by atoms with E-state index in [-0.39, 0.29) is 17.2 Å². The first-order chi connectivity index (χ1) is 16.1. The maximum Gasteiger partial charge on any atom is 0.223 e. The number of imidazole rings is 1. The molecule has 2 aromatic carbocycles. The van der Waals surface area contributed by atoms with Gasteiger partial charge in [-0.2, -0.15) is 0 Å². The Hall–Kier alpha value is -2.92. The molecule has 5 nitrogen and oxygen atoms in total. The van der Waals surface area contributed by atoms with E-state index in [1.54, 1.807) is 6.20 Å². The zero-order valence-electron chi connectivity index (χ0n) is 19.5. The fraction of sp³-hybridized carbons (Fsp3) is 0.429. The maximum atomic E-state index is 12.6. The van der Waals surface area contributed by atoms with Crippen LogP contribution in [0.15, 0.2) is 67.3 Å². The standard InChI is InChI=1S/C28H34N4O/c1-22-5-2-3-6-25(22)24-9-7-23(8-10-24)20-31-16-11-28(12-17-31)19-26(28)27(33)30-13-4-15-32-18-14-29-21-32/h2-3,5-10,14,18,21,26H,4,11-13,15-17,19-20H2,1H3,(H,30,33)/t26-/m1/s1. The molecule has 1 amide bonds. The quantitative estimate of drug-likeness (QED) is 0.516. The Morgan fingerprint density at radius 2 is 1.91 bits per heavy atom. The molecule has 5 heteroatoms. The second-order valence-electron chi connectivity index (χ2n) is 9.85. The Bertz CT molecular complexity index is 1070. The van der Waals surface area contributed by atoms with E-state index < -0.39 is 0 Å². The lowest BCUT2D eigenvalue weighted by Crippen LogP contribution is -2.37. The van der Waals surface area contributed by atoms with E-state index in [1.165, 1.54) is 22.3 Å². The summed E-state index contributed by atoms with van der Waals surface area (Å²) in [6.45, 7) is 6.98. The highest BCUT2D eigenvalue weighted by atomic mass is 16.2. The van der Waals surface area contributed by atoms with E-state index in [1.807, 2.05) is 12.5 Å². The molecule has 1 N–H and O–H groups in total. The van der Waals surface area contributed by atoms with Gasteiger partial charge in [-0.3, -0.25) is 9.69 Å². The fourth-order valence-electron chi connectivity index (χ4n) is 5.39. The Morgan fingerprint density at radius 3 is 2.64 bits per heavy atom. The van der Waals surface area contributed by atoms with Crippen LogP contribution in [0, 0.1) is 18.3 Å². The lowest BCUT2D eigenvalue weighted by Gasteiger charge is -2.32. The molecule has 33 heavy (non-hydrogen) atoms. The summed E-state index contributed by atoms with van der Waals surface area (Å²) in [5, 5.41) is 3.17. The molecule has 1 atom stereocenters. The minimum Gasteiger partial charge on any atom is -0.356 e. The summed E-state index contributed by atoms with van der Waals surface area (Å²) < 4.78 is 2.05. The molecule has 1 aliphatic carbocycles. The zero-order valence-corrected chi connectivity index (χ0v) is 19.5. The molecule has 0 bridgehead atoms. The third-order valence-electron chi connectivity index (χ3n) is 7.63. The van der Waals surface area contributed by atoms with E-state index in [0.29, 0.717) is 0 Å². The molecule has 0 unspecified atom stereocenters. The Balaban J connectivity index is 1.06. The van der Waals surface area contributed by atoms with Gasteiger partial charge in [-0.15, -0.1) is 0 Å². The molecule has 1 saturated carbocycles. The van der Waals surface area contributed by atoms with Gasteiger partial charge in [0.25, 0.3) is 0 Å². The Kier molecular flexibility index (Phi) is 6.32. The summed E-state index contributed by atoms with van der Waals surface area (Å²) in [7, 11) is 0. The van der Waals surface area contributed by atoms with Gasteiger partial charge >= 0.3 is 0 Å². The van der Waals surface area contributed by atoms with Crippen molar-refractivity contribution in [2.24, 2.45) is 11.3 Å². The monoisotopic (exact) mass is 442 g/mol. The minimum absolute atomic E-state index is 0.223. The van der Waals surface area contributed by atoms with E-state index in [2.05, 4.69) is 75.2 Å². The van der Waals surface area contributed by atoms with Crippen LogP contribution in [0.4, 0.5) is 0 Å². The van der Waals surface area contributed by atoms with E-state index in [9.17, 15) is 4.79 Å². The Labute approximate surface area is 196 Å². The van der Waals surface area contributed by atoms with Crippen molar-refractivity contribution in [1.29, 1.82) is 0 Å². The third kappa shape index (κ3) is 5.03. The number of piperidine rings is 1. The van der Waals surface area contributed by atoms with E-state index >= 15 is 0 Å². The molecule has 172 valence electrons. The van der Waals surface area contributed by atoms with Crippen LogP contribution in [0.5, 0.6) is 0 Å². The SMILES string of the molecule is Cc1ccccc1-c1ccc(CN2CCC3(CC2)C[C@@H]3C(=O)NCCCn2ccnc2)cc1. The number of hydrogen-bond donors (Lipinski definition) is 1. The number of benzene rings is 2. The molecule has 1 aromatic heterocycles. The first kappa shape index (κ1) is 21.9. The number of rotatable bonds is 8. The van der Waals surface area contributed by atoms with Crippen molar-refractivity contribution in [3.05, 3.63) is 78.4 Å². The van der Waals surface area contributed by atoms with Gasteiger partial charge in [0.05, 0.1) is 6.33 Å². The highest BCUT2D eigenvalue weighted by molar-refractivity contribution is 5.82. The van der Waals surface area contributed by atoms with Gasteiger partial charge in [0, 0.05) is 37.9 Å². The second-order valence-corrected chi connectivity index (χ2v) is 9.85. The van der Waals surface area contributed by atoms with Crippen molar-refractivity contribution < 1.29 is 4.79 Å². The number of carbonyl (C=O) groups is 1. The van der Waals surface area contributed by atoms with Gasteiger partial charge in [-0.1, -0.05) is 48.5 Å². The average Bonchev–Trinajstić information content (AvgIpc) is 3.27. The first-order valence-corrected chi connectivity index (χ1v) is 12.2. The van der Waals surface area contributed by atoms with Gasteiger partial charge < -0.3 is 9.88 Å². The van der Waals surface area contributed by atoms with Gasteiger partial charge in [0.1, 0.15) is 0 Å². The van der Waals surface area contributed by atoms with Crippen molar-refractivity contribution in [1.82, 2.24) is 19.8 Å². The number of nitrogens with one attached hydrogen (secondary N) is 1. The van der Waals surface area contributed by atoms with Gasteiger partial charge in [-0.05, 0) is 73.4 Å². The molecule has 2 fully saturated rings. The smallest absolute Gasteiger partial charge is 0.223 e. The molecule has 2 heterocycles. The molecule has 1 aliphatic heterocycles. The van der Waals surface area contributed by atoms with Crippen LogP contribution in [0.1, 0.15) is 36.8 Å². The summed E-state index contributed by atoms with van der Waals surface area (Å²) in [5.74, 6) is 0.488. The van der Waals surface area contributed by atoms with E-state index in [0.717, 1.165) is 58.4 Å². The van der Waals surface area contributed by atoms with Gasteiger partial charge in [-0.25, -0.2) is 4.98 Å². The van der Waals surface area contributed by atoms with Crippen LogP contribution in [0.3, 0.4) is 0 Å². The molecular formula is C28H34N4O. The van der Waals surface area contributed by atoms with Crippen molar-refractivity contribution >= 4 is 5.91 Å². The van der Waals surface area contributed by atoms with Crippen LogP contribution < -0.4 is 5.32 Å². The Morgan fingerprint density at radius 1 is 1.12 bits per heavy atom. The average molecular weight is 443 g/mol. The highest BCUT2D eigenvalue weighted by Crippen LogP contribution is 2.59. The number of nitrogens with zero attached hydrogens (tertiary/aromatic N) is 3. The normalized spacial score (nSPS) is 19.5. The van der Waals surface area contributed by atoms with Crippen LogP contribution in [-0.2, 0) is 17.9 Å². The largest absolute Gasteiger partial charge is 0.356 e. The summed E-state index contributed by atoms with van der Waals surface area (Å²) >= 11 is 0. The number of aryl methyl sites for hydroxylation is 2. The second kappa shape index (κ2) is 9.52. The topological polar surface area (TPSA) is 50.2 Å². The molecule has 1 spiro atoms. The molecule has 1 saturated heterocycles. The van der Waals surface area contributed by atoms with Crippen LogP contribution in [-0.4, -0.2) is 40.0 Å². The third-order valence-corrected chi connectivity index (χ3v) is 7.63. The summed E-state index contributed by atoms with van der Waals surface area (Å²) in [6, 6.07) is 17.6. The highest BCUT2D eigenvalue weighted by Gasteiger charge is 2.58. The molecule has 2 aliphatic rings. The van der Waals surface area contributed by atoms with E-state index in [4.69, 9.17) is 0 Å². The van der Waals surface area contributed by atoms with Crippen LogP contribution >= 0.6 is 0 Å². The number of carbonyl (C=O) groups excluding carboxylic acids is 1. The lowest BCUT2D eigenvalue weighted by molar-refractivity contribution is -0.123. The first-order valence-electron chi connectivity index (χ1n) is 12.2. The maximum absolute atomic E-state index is 12.6. The summed E-state index contributed by atoms with van der Waals surface area (Å²) in [6.07, 6.45) is 9.87. The molecular weight excluding hydrogens is 408 g/mol. The minimum atomic E-state index is 0.223. The fourth-order valence-corrected chi connectivity index (χ4v) is 5.39. The summed E-state index contributed by atoms with van der Waals surface area (Å²) in [4.78, 5) is 19.2. The van der Waals surface area contributed by atoms with Crippen molar-refractivity contribution in [3.8, 4) is 11.1 Å². The van der Waals surface area contributed by atoms with Crippen molar-refractivity contribution in [3.63, 3.8) is 0 Å². The van der Waals surface area contributed by atoms with Gasteiger partial charge in [0.15, 0.2) is 0 Å².